The topological polar surface area (TPSA) is 213 Å². The fourth-order valence-electron chi connectivity index (χ4n) is 16.6. The first-order valence-corrected chi connectivity index (χ1v) is 54.3. The fraction of sp³-hybridized carbons (Fsp3) is 0.388. The number of benzene rings is 9. The average molecular weight is 2620 g/mol. The quantitative estimate of drug-likeness (QED) is 0.0203. The molecule has 0 fully saturated rings. The number of pyridine rings is 4. The molecule has 8 N–H and O–H groups in total. The molecular formula is C121H158Ir4N4O8Si2-4. The second-order valence-corrected chi connectivity index (χ2v) is 51.2. The number of rotatable bonds is 20. The van der Waals surface area contributed by atoms with Gasteiger partial charge in [-0.1, -0.05) is 349 Å². The minimum atomic E-state index is -1.42. The SMILES string of the molecule is CC(C)C(O)=CC(O)C(C)C.CC(C)CC(O)=CC(O)CC(C)C.CC(O)=C(c1ccccc1)C(C)O.CC(O)=CC(C)O.CC[Si](CC)(CC)c1cccc2nc(-c3[c-]c(C)cc(C)c3)ccc12.Cc1[c-]c(-c2ccc3c(C(C)(C)C)cccc3n2)cc(C)c1.Cc1[c-]c(-c2ccc3c(C(C)(C)C)cccc3n2)cc(C)c1.Cc1[c-]c(-c2ccc3c([Si](C)(C)C)cccc3n2)cc(C)c1.[Ir].[Ir].[Ir].[Ir]. The second-order valence-electron chi connectivity index (χ2n) is 40.9. The van der Waals surface area contributed by atoms with E-state index in [1.807, 2.05) is 71.9 Å². The number of aliphatic hydroxyl groups is 8. The van der Waals surface area contributed by atoms with Gasteiger partial charge in [-0.3, -0.25) is 19.9 Å². The molecule has 758 valence electrons. The van der Waals surface area contributed by atoms with Gasteiger partial charge >= 0.3 is 0 Å². The molecular weight excluding hydrogens is 2460 g/mol. The van der Waals surface area contributed by atoms with Crippen LogP contribution in [-0.4, -0.2) is 101 Å². The molecule has 0 bridgehead atoms. The van der Waals surface area contributed by atoms with Gasteiger partial charge in [-0.2, -0.15) is 0 Å². The number of nitrogens with zero attached hydrogens (tertiary/aromatic N) is 4. The molecule has 0 aliphatic heterocycles. The molecule has 4 unspecified atom stereocenters. The van der Waals surface area contributed by atoms with Gasteiger partial charge < -0.3 is 40.9 Å². The zero-order chi connectivity index (χ0) is 101. The van der Waals surface area contributed by atoms with Crippen molar-refractivity contribution < 1.29 is 121 Å². The van der Waals surface area contributed by atoms with Crippen molar-refractivity contribution in [2.75, 3.05) is 0 Å². The molecule has 0 aliphatic rings. The third kappa shape index (κ3) is 40.4. The number of fused-ring (bicyclic) bond motifs is 4. The van der Waals surface area contributed by atoms with Crippen LogP contribution in [0, 0.1) is 103 Å². The van der Waals surface area contributed by atoms with Gasteiger partial charge in [0.2, 0.25) is 0 Å². The van der Waals surface area contributed by atoms with Gasteiger partial charge in [-0.25, -0.2) is 0 Å². The van der Waals surface area contributed by atoms with Crippen LogP contribution in [0.3, 0.4) is 0 Å². The van der Waals surface area contributed by atoms with Crippen molar-refractivity contribution in [3.8, 4) is 45.0 Å². The largest absolute Gasteiger partial charge is 0.513 e. The van der Waals surface area contributed by atoms with Crippen LogP contribution in [0.1, 0.15) is 219 Å². The smallest absolute Gasteiger partial charge is 0.0955 e. The summed E-state index contributed by atoms with van der Waals surface area (Å²) < 4.78 is 0. The van der Waals surface area contributed by atoms with Crippen LogP contribution in [0.4, 0.5) is 0 Å². The fourth-order valence-corrected chi connectivity index (χ4v) is 22.1. The van der Waals surface area contributed by atoms with Crippen molar-refractivity contribution in [2.24, 2.45) is 23.7 Å². The van der Waals surface area contributed by atoms with Crippen molar-refractivity contribution in [1.29, 1.82) is 0 Å². The maximum Gasteiger partial charge on any atom is 0.0955 e. The van der Waals surface area contributed by atoms with Gasteiger partial charge in [-0.05, 0) is 155 Å². The molecule has 12 nitrogen and oxygen atoms in total. The Hall–Kier alpha value is -8.35. The summed E-state index contributed by atoms with van der Waals surface area (Å²) in [7, 11) is -2.78. The number of hydrogen-bond donors (Lipinski definition) is 8. The van der Waals surface area contributed by atoms with Gasteiger partial charge in [0.15, 0.2) is 0 Å². The molecule has 0 amide bonds. The summed E-state index contributed by atoms with van der Waals surface area (Å²) in [6.07, 6.45) is 3.57. The first-order valence-electron chi connectivity index (χ1n) is 48.2. The van der Waals surface area contributed by atoms with E-state index in [4.69, 9.17) is 30.1 Å². The van der Waals surface area contributed by atoms with Crippen LogP contribution in [0.5, 0.6) is 0 Å². The van der Waals surface area contributed by atoms with Crippen molar-refractivity contribution in [2.45, 2.75) is 287 Å². The number of aromatic nitrogens is 4. The summed E-state index contributed by atoms with van der Waals surface area (Å²) in [5.41, 5.74) is 26.6. The Morgan fingerprint density at radius 3 is 0.993 bits per heavy atom. The number of allylic oxidation sites excluding steroid dienone is 4. The van der Waals surface area contributed by atoms with Crippen LogP contribution in [0.25, 0.3) is 94.2 Å². The van der Waals surface area contributed by atoms with Crippen molar-refractivity contribution in [1.82, 2.24) is 19.9 Å². The maximum atomic E-state index is 9.47. The number of hydrogen-bond acceptors (Lipinski definition) is 12. The minimum absolute atomic E-state index is 0. The zero-order valence-electron chi connectivity index (χ0n) is 88.6. The Bertz CT molecular complexity index is 5720. The van der Waals surface area contributed by atoms with E-state index in [1.54, 1.807) is 32.0 Å². The molecule has 0 saturated carbocycles. The van der Waals surface area contributed by atoms with E-state index in [0.717, 1.165) is 89.4 Å². The van der Waals surface area contributed by atoms with E-state index in [1.165, 1.54) is 103 Å². The van der Waals surface area contributed by atoms with Crippen molar-refractivity contribution in [3.05, 3.63) is 327 Å². The summed E-state index contributed by atoms with van der Waals surface area (Å²) in [5, 5.41) is 81.3. The van der Waals surface area contributed by atoms with E-state index < -0.39 is 40.6 Å². The number of aryl methyl sites for hydroxylation is 8. The molecule has 139 heavy (non-hydrogen) atoms. The maximum absolute atomic E-state index is 9.47. The third-order valence-corrected chi connectivity index (χ3v) is 31.0. The predicted molar refractivity (Wildman–Crippen MR) is 583 cm³/mol. The van der Waals surface area contributed by atoms with Crippen molar-refractivity contribution >= 4 is 75.7 Å². The van der Waals surface area contributed by atoms with Crippen LogP contribution in [0.2, 0.25) is 37.8 Å². The Morgan fingerprint density at radius 1 is 0.388 bits per heavy atom. The summed E-state index contributed by atoms with van der Waals surface area (Å²) in [4.78, 5) is 19.6. The molecule has 4 heterocycles. The van der Waals surface area contributed by atoms with Gasteiger partial charge in [0.1, 0.15) is 0 Å². The zero-order valence-corrected chi connectivity index (χ0v) is 100. The average Bonchev–Trinajstić information content (AvgIpc) is 0.782. The standard InChI is InChI=1S/C23H28NSi.2C21H22N.C20H22NSi.C11H14O2.C11H22O2.C9H18O2.C5H10O2.4Ir/c1-6-25(7-2,8-3)23-11-9-10-22-20(23)12-13-21(24-22)19-15-17(4)14-18(5)16-19;2*1-14-11-15(2)13-16(12-14)19-10-9-17-18(21(3,4)5)7-6-8-20(17)22-19;1-14-11-15(2)13-16(12-14)18-10-9-17-19(21-18)7-6-8-20(17)22(3,4)5;1-8(12)11(9(2)13)10-6-4-3-5-7-10;1-8(2)5-10(12)7-11(13)6-9(3)4;1-6(2)8(10)5-9(11)7(3)4;1-4(6)3-5(2)7;;;;/h9-15H,6-8H2,1-5H3;3*6-12H,1-5H3;3-8,12-13H,1-2H3;7-10,12-13H,5-6H2,1-4H3;5-8,10-11H,1-4H3;3-4,6-7H,1-2H3;;;;/q4*-1;;;;;;;;. The summed E-state index contributed by atoms with van der Waals surface area (Å²) in [5.74, 6) is 2.06. The van der Waals surface area contributed by atoms with Gasteiger partial charge in [-0.15, -0.1) is 140 Å². The third-order valence-electron chi connectivity index (χ3n) is 23.4. The molecule has 18 heteroatoms. The molecule has 4 radical (unpaired) electrons. The molecule has 0 aliphatic carbocycles. The normalized spacial score (nSPS) is 12.7. The van der Waals surface area contributed by atoms with E-state index in [-0.39, 0.29) is 120 Å². The van der Waals surface area contributed by atoms with E-state index >= 15 is 0 Å². The molecule has 13 rings (SSSR count). The van der Waals surface area contributed by atoms with Crippen LogP contribution in [-0.2, 0) is 91.3 Å². The first-order chi connectivity index (χ1) is 63.2. The number of aliphatic hydroxyl groups excluding tert-OH is 8. The Morgan fingerprint density at radius 2 is 0.719 bits per heavy atom. The molecule has 0 saturated heterocycles. The van der Waals surface area contributed by atoms with E-state index in [0.29, 0.717) is 36.0 Å². The Labute approximate surface area is 891 Å². The van der Waals surface area contributed by atoms with E-state index in [2.05, 4.69) is 345 Å². The van der Waals surface area contributed by atoms with Crippen molar-refractivity contribution in [3.63, 3.8) is 0 Å². The van der Waals surface area contributed by atoms with Crippen LogP contribution in [0.15, 0.2) is 241 Å². The van der Waals surface area contributed by atoms with Gasteiger partial charge in [0.05, 0.1) is 85.7 Å². The summed E-state index contributed by atoms with van der Waals surface area (Å²) in [6.45, 7) is 66.6. The first kappa shape index (κ1) is 127. The molecule has 4 atom stereocenters. The minimum Gasteiger partial charge on any atom is -0.513 e. The van der Waals surface area contributed by atoms with Crippen LogP contribution >= 0.6 is 0 Å². The Kier molecular flexibility index (Phi) is 53.8. The summed E-state index contributed by atoms with van der Waals surface area (Å²) >= 11 is 0. The van der Waals surface area contributed by atoms with Gasteiger partial charge in [0.25, 0.3) is 0 Å². The molecule has 13 aromatic rings. The monoisotopic (exact) mass is 2620 g/mol. The summed E-state index contributed by atoms with van der Waals surface area (Å²) in [6, 6.07) is 87.7. The Balaban J connectivity index is 0.000000548. The molecule has 0 spiro atoms. The van der Waals surface area contributed by atoms with Gasteiger partial charge in [0, 0.05) is 109 Å². The van der Waals surface area contributed by atoms with E-state index in [9.17, 15) is 30.6 Å². The second kappa shape index (κ2) is 59.0. The van der Waals surface area contributed by atoms with Crippen LogP contribution < -0.4 is 10.4 Å². The molecule has 4 aromatic heterocycles. The molecule has 9 aromatic carbocycles. The predicted octanol–water partition coefficient (Wildman–Crippen LogP) is 30.3.